The number of anilines is 2. The number of hydrogen-bond donors (Lipinski definition) is 1. The van der Waals surface area contributed by atoms with Gasteiger partial charge in [-0.2, -0.15) is 0 Å². The maximum Gasteiger partial charge on any atom is 0.322 e. The fourth-order valence-corrected chi connectivity index (χ4v) is 4.68. The predicted octanol–water partition coefficient (Wildman–Crippen LogP) is 4.63. The Morgan fingerprint density at radius 3 is 2.51 bits per heavy atom. The molecule has 9 heteroatoms. The molecule has 2 aliphatic heterocycles. The first-order valence-electron chi connectivity index (χ1n) is 11.7. The minimum absolute atomic E-state index is 0.0361. The van der Waals surface area contributed by atoms with Crippen molar-refractivity contribution in [2.75, 3.05) is 29.9 Å². The van der Waals surface area contributed by atoms with Gasteiger partial charge in [0, 0.05) is 43.2 Å². The number of ether oxygens (including phenoxy) is 1. The standard InChI is InChI=1S/C26H27F2N5O2/c1-16-13-33(14-17(2)35-16)25-20-15-32(26(34)30-23-9-8-19(27)12-21(23)28)11-10-22(20)29-24(31-25)18-6-4-3-5-7-18/h3-9,12,16-17H,10-11,13-15H2,1-2H3,(H,30,34). The molecule has 0 spiro atoms. The molecule has 35 heavy (non-hydrogen) atoms. The SMILES string of the molecule is CC1CN(c2nc(-c3ccccc3)nc3c2CN(C(=O)Nc2ccc(F)cc2F)CC3)CC(C)O1. The van der Waals surface area contributed by atoms with Crippen LogP contribution in [0.15, 0.2) is 48.5 Å². The monoisotopic (exact) mass is 479 g/mol. The molecular weight excluding hydrogens is 452 g/mol. The first-order valence-corrected chi connectivity index (χ1v) is 11.7. The first kappa shape index (κ1) is 23.2. The smallest absolute Gasteiger partial charge is 0.322 e. The molecule has 3 aromatic rings. The fourth-order valence-electron chi connectivity index (χ4n) is 4.68. The van der Waals surface area contributed by atoms with Crippen molar-refractivity contribution in [2.45, 2.75) is 39.0 Å². The molecule has 5 rings (SSSR count). The third kappa shape index (κ3) is 4.95. The minimum atomic E-state index is -0.816. The van der Waals surface area contributed by atoms with Gasteiger partial charge in [0.15, 0.2) is 5.82 Å². The van der Waals surface area contributed by atoms with Crippen LogP contribution >= 0.6 is 0 Å². The zero-order valence-electron chi connectivity index (χ0n) is 19.7. The summed E-state index contributed by atoms with van der Waals surface area (Å²) in [5.41, 5.74) is 2.65. The van der Waals surface area contributed by atoms with Gasteiger partial charge in [0.05, 0.1) is 30.1 Å². The van der Waals surface area contributed by atoms with Gasteiger partial charge in [-0.15, -0.1) is 0 Å². The lowest BCUT2D eigenvalue weighted by Crippen LogP contribution is -2.47. The van der Waals surface area contributed by atoms with E-state index < -0.39 is 17.7 Å². The second-order valence-corrected chi connectivity index (χ2v) is 9.05. The van der Waals surface area contributed by atoms with Crippen molar-refractivity contribution in [3.05, 3.63) is 71.4 Å². The summed E-state index contributed by atoms with van der Waals surface area (Å²) in [7, 11) is 0. The molecule has 2 aromatic carbocycles. The van der Waals surface area contributed by atoms with Crippen LogP contribution in [0.25, 0.3) is 11.4 Å². The second kappa shape index (κ2) is 9.58. The van der Waals surface area contributed by atoms with Gasteiger partial charge in [-0.25, -0.2) is 23.5 Å². The second-order valence-electron chi connectivity index (χ2n) is 9.05. The summed E-state index contributed by atoms with van der Waals surface area (Å²) in [4.78, 5) is 26.6. The quantitative estimate of drug-likeness (QED) is 0.593. The number of urea groups is 1. The Labute approximate surface area is 202 Å². The molecule has 0 radical (unpaired) electrons. The zero-order valence-corrected chi connectivity index (χ0v) is 19.7. The highest BCUT2D eigenvalue weighted by atomic mass is 19.1. The topological polar surface area (TPSA) is 70.6 Å². The number of amides is 2. The fraction of sp³-hybridized carbons (Fsp3) is 0.346. The van der Waals surface area contributed by atoms with E-state index in [0.29, 0.717) is 31.9 Å². The van der Waals surface area contributed by atoms with Crippen LogP contribution in [-0.2, 0) is 17.7 Å². The van der Waals surface area contributed by atoms with Gasteiger partial charge in [0.25, 0.3) is 0 Å². The predicted molar refractivity (Wildman–Crippen MR) is 129 cm³/mol. The Morgan fingerprint density at radius 1 is 1.06 bits per heavy atom. The first-order chi connectivity index (χ1) is 16.9. The number of carbonyl (C=O) groups excluding carboxylic acids is 1. The van der Waals surface area contributed by atoms with Crippen molar-refractivity contribution < 1.29 is 18.3 Å². The molecule has 7 nitrogen and oxygen atoms in total. The van der Waals surface area contributed by atoms with Crippen LogP contribution < -0.4 is 10.2 Å². The van der Waals surface area contributed by atoms with Gasteiger partial charge >= 0.3 is 6.03 Å². The third-order valence-electron chi connectivity index (χ3n) is 6.25. The van der Waals surface area contributed by atoms with E-state index in [1.165, 1.54) is 6.07 Å². The van der Waals surface area contributed by atoms with E-state index >= 15 is 0 Å². The summed E-state index contributed by atoms with van der Waals surface area (Å²) in [5.74, 6) is -0.0697. The molecule has 1 saturated heterocycles. The van der Waals surface area contributed by atoms with Crippen LogP contribution in [0, 0.1) is 11.6 Å². The highest BCUT2D eigenvalue weighted by Crippen LogP contribution is 2.31. The number of carbonyl (C=O) groups is 1. The number of nitrogens with one attached hydrogen (secondary N) is 1. The van der Waals surface area contributed by atoms with Gasteiger partial charge in [-0.05, 0) is 26.0 Å². The van der Waals surface area contributed by atoms with Crippen molar-refractivity contribution in [3.63, 3.8) is 0 Å². The van der Waals surface area contributed by atoms with E-state index in [4.69, 9.17) is 14.7 Å². The number of hydrogen-bond acceptors (Lipinski definition) is 5. The third-order valence-corrected chi connectivity index (χ3v) is 6.25. The van der Waals surface area contributed by atoms with Crippen molar-refractivity contribution in [1.29, 1.82) is 0 Å². The van der Waals surface area contributed by atoms with Crippen LogP contribution in [0.2, 0.25) is 0 Å². The molecule has 3 heterocycles. The number of aromatic nitrogens is 2. The zero-order chi connectivity index (χ0) is 24.5. The summed E-state index contributed by atoms with van der Waals surface area (Å²) in [6, 6.07) is 12.5. The molecule has 2 unspecified atom stereocenters. The Hall–Kier alpha value is -3.59. The van der Waals surface area contributed by atoms with Gasteiger partial charge in [-0.1, -0.05) is 30.3 Å². The van der Waals surface area contributed by atoms with Crippen LogP contribution in [0.5, 0.6) is 0 Å². The molecule has 2 aliphatic rings. The Bertz CT molecular complexity index is 1230. The van der Waals surface area contributed by atoms with E-state index in [9.17, 15) is 13.6 Å². The Balaban J connectivity index is 1.47. The Morgan fingerprint density at radius 2 is 1.80 bits per heavy atom. The van der Waals surface area contributed by atoms with Crippen LogP contribution in [0.3, 0.4) is 0 Å². The molecule has 0 aliphatic carbocycles. The maximum absolute atomic E-state index is 14.1. The van der Waals surface area contributed by atoms with Crippen molar-refractivity contribution >= 4 is 17.5 Å². The number of morpholine rings is 1. The minimum Gasteiger partial charge on any atom is -0.372 e. The lowest BCUT2D eigenvalue weighted by atomic mass is 10.0. The van der Waals surface area contributed by atoms with Crippen molar-refractivity contribution in [3.8, 4) is 11.4 Å². The summed E-state index contributed by atoms with van der Waals surface area (Å²) >= 11 is 0. The molecule has 1 N–H and O–H groups in total. The van der Waals surface area contributed by atoms with E-state index in [-0.39, 0.29) is 24.4 Å². The molecule has 1 fully saturated rings. The number of rotatable bonds is 3. The Kier molecular flexibility index (Phi) is 6.34. The summed E-state index contributed by atoms with van der Waals surface area (Å²) in [6.45, 7) is 6.12. The largest absolute Gasteiger partial charge is 0.372 e. The van der Waals surface area contributed by atoms with Gasteiger partial charge < -0.3 is 19.9 Å². The average Bonchev–Trinajstić information content (AvgIpc) is 2.84. The number of nitrogens with zero attached hydrogens (tertiary/aromatic N) is 4. The van der Waals surface area contributed by atoms with Gasteiger partial charge in [-0.3, -0.25) is 0 Å². The lowest BCUT2D eigenvalue weighted by Gasteiger charge is -2.39. The molecule has 2 atom stereocenters. The number of benzene rings is 2. The summed E-state index contributed by atoms with van der Waals surface area (Å²) in [6.07, 6.45) is 0.613. The van der Waals surface area contributed by atoms with E-state index in [1.807, 2.05) is 44.2 Å². The van der Waals surface area contributed by atoms with E-state index in [0.717, 1.165) is 34.8 Å². The molecule has 182 valence electrons. The summed E-state index contributed by atoms with van der Waals surface area (Å²) in [5, 5.41) is 2.56. The van der Waals surface area contributed by atoms with E-state index in [1.54, 1.807) is 4.90 Å². The average molecular weight is 480 g/mol. The van der Waals surface area contributed by atoms with Crippen molar-refractivity contribution in [2.24, 2.45) is 0 Å². The van der Waals surface area contributed by atoms with Crippen LogP contribution in [0.1, 0.15) is 25.1 Å². The molecular formula is C26H27F2N5O2. The molecule has 0 bridgehead atoms. The molecule has 1 aromatic heterocycles. The van der Waals surface area contributed by atoms with Crippen LogP contribution in [-0.4, -0.2) is 52.7 Å². The van der Waals surface area contributed by atoms with Gasteiger partial charge in [0.1, 0.15) is 17.5 Å². The van der Waals surface area contributed by atoms with E-state index in [2.05, 4.69) is 10.2 Å². The highest BCUT2D eigenvalue weighted by Gasteiger charge is 2.31. The van der Waals surface area contributed by atoms with Crippen LogP contribution in [0.4, 0.5) is 25.1 Å². The highest BCUT2D eigenvalue weighted by molar-refractivity contribution is 5.89. The van der Waals surface area contributed by atoms with Crippen molar-refractivity contribution in [1.82, 2.24) is 14.9 Å². The van der Waals surface area contributed by atoms with Gasteiger partial charge in [0.2, 0.25) is 0 Å². The number of halogens is 2. The lowest BCUT2D eigenvalue weighted by molar-refractivity contribution is -0.00556. The molecule has 2 amide bonds. The maximum atomic E-state index is 14.1. The summed E-state index contributed by atoms with van der Waals surface area (Å²) < 4.78 is 33.3. The molecule has 0 saturated carbocycles. The normalized spacial score (nSPS) is 19.9. The number of fused-ring (bicyclic) bond motifs is 1.